The topological polar surface area (TPSA) is 65.5 Å². The fourth-order valence-electron chi connectivity index (χ4n) is 2.19. The summed E-state index contributed by atoms with van der Waals surface area (Å²) in [5, 5.41) is 9.33. The van der Waals surface area contributed by atoms with Crippen molar-refractivity contribution >= 4 is 11.9 Å². The van der Waals surface area contributed by atoms with E-state index in [-0.39, 0.29) is 5.91 Å². The molecule has 0 aliphatic carbocycles. The van der Waals surface area contributed by atoms with Crippen LogP contribution in [0, 0.1) is 5.92 Å². The monoisotopic (exact) mass is 318 g/mol. The van der Waals surface area contributed by atoms with Gasteiger partial charge in [-0.05, 0) is 43.4 Å². The second-order valence-electron chi connectivity index (χ2n) is 6.22. The van der Waals surface area contributed by atoms with E-state index in [2.05, 4.69) is 41.7 Å². The third-order valence-corrected chi connectivity index (χ3v) is 3.69. The van der Waals surface area contributed by atoms with Crippen molar-refractivity contribution in [2.75, 3.05) is 14.1 Å². The summed E-state index contributed by atoms with van der Waals surface area (Å²) < 4.78 is 0. The van der Waals surface area contributed by atoms with Crippen LogP contribution in [0.2, 0.25) is 0 Å². The minimum atomic E-state index is -0.0686. The molecule has 0 spiro atoms. The first-order valence-corrected chi connectivity index (χ1v) is 8.24. The van der Waals surface area contributed by atoms with E-state index in [1.54, 1.807) is 14.1 Å². The summed E-state index contributed by atoms with van der Waals surface area (Å²) in [6.07, 6.45) is 2.32. The Hall–Kier alpha value is -2.04. The predicted octanol–water partition coefficient (Wildman–Crippen LogP) is 2.54. The average Bonchev–Trinajstić information content (AvgIpc) is 2.56. The number of hydrogen-bond acceptors (Lipinski definition) is 2. The van der Waals surface area contributed by atoms with Gasteiger partial charge in [0.25, 0.3) is 5.91 Å². The molecule has 1 rings (SSSR count). The van der Waals surface area contributed by atoms with Gasteiger partial charge in [-0.25, -0.2) is 0 Å². The van der Waals surface area contributed by atoms with Gasteiger partial charge in [0.15, 0.2) is 5.96 Å². The molecule has 0 aliphatic rings. The van der Waals surface area contributed by atoms with Gasteiger partial charge in [0.2, 0.25) is 0 Å². The summed E-state index contributed by atoms with van der Waals surface area (Å²) in [7, 11) is 3.41. The van der Waals surface area contributed by atoms with Crippen LogP contribution in [0.5, 0.6) is 0 Å². The Morgan fingerprint density at radius 3 is 2.30 bits per heavy atom. The number of guanidine groups is 1. The van der Waals surface area contributed by atoms with Crippen LogP contribution in [0.1, 0.15) is 49.5 Å². The van der Waals surface area contributed by atoms with Crippen molar-refractivity contribution in [3.05, 3.63) is 35.4 Å². The number of aliphatic imine (C=N–C) groups is 1. The minimum Gasteiger partial charge on any atom is -0.355 e. The Kier molecular flexibility index (Phi) is 8.16. The van der Waals surface area contributed by atoms with Gasteiger partial charge in [-0.3, -0.25) is 9.79 Å². The standard InChI is InChI=1S/C18H30N4O/c1-13(2)6-7-14(3)22-18(20-5)21-12-15-8-10-16(11-9-15)17(23)19-4/h8-11,13-14H,6-7,12H2,1-5H3,(H,19,23)(H2,20,21,22). The molecule has 0 aromatic heterocycles. The maximum absolute atomic E-state index is 11.5. The van der Waals surface area contributed by atoms with E-state index in [1.165, 1.54) is 6.42 Å². The quantitative estimate of drug-likeness (QED) is 0.535. The highest BCUT2D eigenvalue weighted by Crippen LogP contribution is 2.07. The molecule has 0 saturated heterocycles. The van der Waals surface area contributed by atoms with E-state index in [1.807, 2.05) is 24.3 Å². The molecule has 1 amide bonds. The van der Waals surface area contributed by atoms with E-state index >= 15 is 0 Å². The highest BCUT2D eigenvalue weighted by atomic mass is 16.1. The highest BCUT2D eigenvalue weighted by Gasteiger charge is 2.07. The summed E-state index contributed by atoms with van der Waals surface area (Å²) in [6.45, 7) is 7.32. The zero-order valence-corrected chi connectivity index (χ0v) is 14.9. The second-order valence-corrected chi connectivity index (χ2v) is 6.22. The van der Waals surface area contributed by atoms with Gasteiger partial charge < -0.3 is 16.0 Å². The molecule has 0 heterocycles. The van der Waals surface area contributed by atoms with E-state index < -0.39 is 0 Å². The Balaban J connectivity index is 2.46. The van der Waals surface area contributed by atoms with Gasteiger partial charge in [-0.2, -0.15) is 0 Å². The number of nitrogens with zero attached hydrogens (tertiary/aromatic N) is 1. The molecule has 0 bridgehead atoms. The fourth-order valence-corrected chi connectivity index (χ4v) is 2.19. The molecule has 1 unspecified atom stereocenters. The van der Waals surface area contributed by atoms with Gasteiger partial charge in [0, 0.05) is 32.2 Å². The summed E-state index contributed by atoms with van der Waals surface area (Å²) in [5.41, 5.74) is 1.77. The molecule has 1 atom stereocenters. The van der Waals surface area contributed by atoms with Crippen molar-refractivity contribution in [2.45, 2.75) is 46.2 Å². The molecule has 0 aliphatic heterocycles. The third kappa shape index (κ3) is 7.17. The maximum atomic E-state index is 11.5. The largest absolute Gasteiger partial charge is 0.355 e. The number of carbonyl (C=O) groups is 1. The predicted molar refractivity (Wildman–Crippen MR) is 96.7 cm³/mol. The zero-order chi connectivity index (χ0) is 17.2. The molecule has 3 N–H and O–H groups in total. The SMILES string of the molecule is CN=C(NCc1ccc(C(=O)NC)cc1)NC(C)CCC(C)C. The van der Waals surface area contributed by atoms with E-state index in [9.17, 15) is 4.79 Å². The van der Waals surface area contributed by atoms with Crippen molar-refractivity contribution in [1.29, 1.82) is 0 Å². The molecule has 5 nitrogen and oxygen atoms in total. The molecular weight excluding hydrogens is 288 g/mol. The maximum Gasteiger partial charge on any atom is 0.251 e. The molecular formula is C18H30N4O. The smallest absolute Gasteiger partial charge is 0.251 e. The van der Waals surface area contributed by atoms with Gasteiger partial charge in [-0.15, -0.1) is 0 Å². The number of nitrogens with one attached hydrogen (secondary N) is 3. The van der Waals surface area contributed by atoms with Crippen molar-refractivity contribution in [3.63, 3.8) is 0 Å². The van der Waals surface area contributed by atoms with E-state index in [0.29, 0.717) is 24.1 Å². The van der Waals surface area contributed by atoms with Crippen molar-refractivity contribution < 1.29 is 4.79 Å². The summed E-state index contributed by atoms with van der Waals surface area (Å²) in [4.78, 5) is 15.8. The van der Waals surface area contributed by atoms with Crippen LogP contribution < -0.4 is 16.0 Å². The highest BCUT2D eigenvalue weighted by molar-refractivity contribution is 5.93. The number of benzene rings is 1. The lowest BCUT2D eigenvalue weighted by Gasteiger charge is -2.18. The van der Waals surface area contributed by atoms with Crippen LogP contribution in [0.3, 0.4) is 0 Å². The first-order chi connectivity index (χ1) is 11.0. The number of amides is 1. The molecule has 1 aromatic rings. The normalized spacial score (nSPS) is 12.9. The van der Waals surface area contributed by atoms with Crippen LogP contribution in [0.4, 0.5) is 0 Å². The van der Waals surface area contributed by atoms with Gasteiger partial charge in [0.1, 0.15) is 0 Å². The van der Waals surface area contributed by atoms with Crippen molar-refractivity contribution in [1.82, 2.24) is 16.0 Å². The molecule has 5 heteroatoms. The Labute approximate surface area is 140 Å². The summed E-state index contributed by atoms with van der Waals surface area (Å²) in [5.74, 6) is 1.45. The van der Waals surface area contributed by atoms with Gasteiger partial charge in [-0.1, -0.05) is 26.0 Å². The Bertz CT molecular complexity index is 508. The zero-order valence-electron chi connectivity index (χ0n) is 14.9. The second kappa shape index (κ2) is 9.87. The van der Waals surface area contributed by atoms with E-state index in [0.717, 1.165) is 17.9 Å². The van der Waals surface area contributed by atoms with Crippen LogP contribution in [-0.4, -0.2) is 32.0 Å². The lowest BCUT2D eigenvalue weighted by atomic mass is 10.0. The molecule has 0 fully saturated rings. The van der Waals surface area contributed by atoms with Crippen LogP contribution in [0.25, 0.3) is 0 Å². The molecule has 1 aromatic carbocycles. The number of hydrogen-bond donors (Lipinski definition) is 3. The molecule has 0 saturated carbocycles. The lowest BCUT2D eigenvalue weighted by Crippen LogP contribution is -2.41. The number of rotatable bonds is 7. The van der Waals surface area contributed by atoms with Crippen LogP contribution >= 0.6 is 0 Å². The number of carbonyl (C=O) groups excluding carboxylic acids is 1. The first-order valence-electron chi connectivity index (χ1n) is 8.24. The molecule has 0 radical (unpaired) electrons. The fraction of sp³-hybridized carbons (Fsp3) is 0.556. The van der Waals surface area contributed by atoms with Crippen LogP contribution in [-0.2, 0) is 6.54 Å². The van der Waals surface area contributed by atoms with Gasteiger partial charge >= 0.3 is 0 Å². The Morgan fingerprint density at radius 2 is 1.78 bits per heavy atom. The van der Waals surface area contributed by atoms with Gasteiger partial charge in [0.05, 0.1) is 0 Å². The molecule has 128 valence electrons. The van der Waals surface area contributed by atoms with Crippen LogP contribution in [0.15, 0.2) is 29.3 Å². The van der Waals surface area contributed by atoms with E-state index in [4.69, 9.17) is 0 Å². The third-order valence-electron chi connectivity index (χ3n) is 3.69. The summed E-state index contributed by atoms with van der Waals surface area (Å²) in [6, 6.07) is 7.95. The average molecular weight is 318 g/mol. The minimum absolute atomic E-state index is 0.0686. The lowest BCUT2D eigenvalue weighted by molar-refractivity contribution is 0.0963. The van der Waals surface area contributed by atoms with Crippen molar-refractivity contribution in [3.8, 4) is 0 Å². The van der Waals surface area contributed by atoms with Crippen molar-refractivity contribution in [2.24, 2.45) is 10.9 Å². The summed E-state index contributed by atoms with van der Waals surface area (Å²) >= 11 is 0. The molecule has 23 heavy (non-hydrogen) atoms. The first kappa shape index (κ1) is 19.0. The Morgan fingerprint density at radius 1 is 1.13 bits per heavy atom.